The topological polar surface area (TPSA) is 72.6 Å². The largest absolute Gasteiger partial charge is 0.396 e. The van der Waals surface area contributed by atoms with Crippen LogP contribution in [0.2, 0.25) is 5.02 Å². The van der Waals surface area contributed by atoms with E-state index >= 15 is 0 Å². The highest BCUT2D eigenvalue weighted by Gasteiger charge is 2.35. The first-order valence-electron chi connectivity index (χ1n) is 6.11. The van der Waals surface area contributed by atoms with Gasteiger partial charge in [-0.3, -0.25) is 0 Å². The number of nitrogens with zero attached hydrogens (tertiary/aromatic N) is 1. The van der Waals surface area contributed by atoms with Crippen LogP contribution in [0.4, 0.5) is 10.1 Å². The fourth-order valence-electron chi connectivity index (χ4n) is 2.08. The normalized spacial score (nSPS) is 24.8. The fourth-order valence-corrected chi connectivity index (χ4v) is 4.29. The van der Waals surface area contributed by atoms with Crippen LogP contribution in [0.15, 0.2) is 17.0 Å². The smallest absolute Gasteiger partial charge is 0.245 e. The van der Waals surface area contributed by atoms with Crippen molar-refractivity contribution < 1.29 is 17.5 Å². The maximum absolute atomic E-state index is 13.3. The van der Waals surface area contributed by atoms with Crippen LogP contribution >= 0.6 is 11.6 Å². The highest BCUT2D eigenvalue weighted by molar-refractivity contribution is 7.89. The number of benzene rings is 1. The molecule has 0 aromatic heterocycles. The molecule has 8 heteroatoms. The minimum atomic E-state index is -3.84. The molecule has 0 spiro atoms. The lowest BCUT2D eigenvalue weighted by Crippen LogP contribution is -2.50. The Balaban J connectivity index is 2.47. The zero-order valence-electron chi connectivity index (χ0n) is 11.1. The van der Waals surface area contributed by atoms with E-state index in [-0.39, 0.29) is 34.3 Å². The summed E-state index contributed by atoms with van der Waals surface area (Å²) in [6, 6.07) is 1.65. The molecule has 0 bridgehead atoms. The molecule has 2 atom stereocenters. The maximum atomic E-state index is 13.3. The highest BCUT2D eigenvalue weighted by Crippen LogP contribution is 2.30. The summed E-state index contributed by atoms with van der Waals surface area (Å²) >= 11 is 5.86. The van der Waals surface area contributed by atoms with Crippen molar-refractivity contribution in [3.63, 3.8) is 0 Å². The predicted octanol–water partition coefficient (Wildman–Crippen LogP) is 1.86. The molecule has 1 saturated heterocycles. The number of nitrogen functional groups attached to an aromatic ring is 1. The Morgan fingerprint density at radius 1 is 1.45 bits per heavy atom. The van der Waals surface area contributed by atoms with Crippen molar-refractivity contribution in [2.45, 2.75) is 30.9 Å². The van der Waals surface area contributed by atoms with Crippen LogP contribution in [0.3, 0.4) is 0 Å². The molecule has 0 saturated carbocycles. The molecule has 1 aliphatic rings. The molecule has 2 rings (SSSR count). The molecular weight excluding hydrogens is 307 g/mol. The van der Waals surface area contributed by atoms with Gasteiger partial charge in [-0.25, -0.2) is 12.8 Å². The first-order chi connectivity index (χ1) is 9.23. The Labute approximate surface area is 122 Å². The average molecular weight is 323 g/mol. The van der Waals surface area contributed by atoms with Crippen LogP contribution in [-0.4, -0.2) is 38.0 Å². The summed E-state index contributed by atoms with van der Waals surface area (Å²) in [6.45, 7) is 4.05. The van der Waals surface area contributed by atoms with Crippen LogP contribution < -0.4 is 5.73 Å². The van der Waals surface area contributed by atoms with Gasteiger partial charge in [0.1, 0.15) is 10.7 Å². The second-order valence-electron chi connectivity index (χ2n) is 4.87. The Morgan fingerprint density at radius 3 is 2.75 bits per heavy atom. The van der Waals surface area contributed by atoms with E-state index in [9.17, 15) is 12.8 Å². The molecule has 1 fully saturated rings. The molecule has 2 unspecified atom stereocenters. The van der Waals surface area contributed by atoms with E-state index in [4.69, 9.17) is 22.1 Å². The molecule has 0 aliphatic carbocycles. The third-order valence-corrected chi connectivity index (χ3v) is 5.63. The maximum Gasteiger partial charge on any atom is 0.245 e. The lowest BCUT2D eigenvalue weighted by atomic mass is 10.2. The Kier molecular flexibility index (Phi) is 4.24. The van der Waals surface area contributed by atoms with Gasteiger partial charge in [0.15, 0.2) is 0 Å². The molecule has 112 valence electrons. The SMILES string of the molecule is CC1CN(S(=O)(=O)c2cc(N)c(F)cc2Cl)C(C)CO1. The average Bonchev–Trinajstić information content (AvgIpc) is 2.36. The number of nitrogens with two attached hydrogens (primary N) is 1. The van der Waals surface area contributed by atoms with Gasteiger partial charge in [0.2, 0.25) is 10.0 Å². The van der Waals surface area contributed by atoms with Crippen LogP contribution in [0.5, 0.6) is 0 Å². The molecular formula is C12H16ClFN2O3S. The number of hydrogen-bond acceptors (Lipinski definition) is 4. The third kappa shape index (κ3) is 2.76. The van der Waals surface area contributed by atoms with E-state index in [2.05, 4.69) is 0 Å². The van der Waals surface area contributed by atoms with Gasteiger partial charge in [-0.15, -0.1) is 0 Å². The number of halogens is 2. The van der Waals surface area contributed by atoms with E-state index in [0.717, 1.165) is 12.1 Å². The van der Waals surface area contributed by atoms with Gasteiger partial charge in [0.25, 0.3) is 0 Å². The lowest BCUT2D eigenvalue weighted by molar-refractivity contribution is -0.0170. The van der Waals surface area contributed by atoms with E-state index < -0.39 is 15.8 Å². The second kappa shape index (κ2) is 5.48. The van der Waals surface area contributed by atoms with Gasteiger partial charge < -0.3 is 10.5 Å². The third-order valence-electron chi connectivity index (χ3n) is 3.19. The van der Waals surface area contributed by atoms with E-state index in [1.165, 1.54) is 4.31 Å². The summed E-state index contributed by atoms with van der Waals surface area (Å²) in [4.78, 5) is -0.181. The predicted molar refractivity (Wildman–Crippen MR) is 74.6 cm³/mol. The van der Waals surface area contributed by atoms with Crippen molar-refractivity contribution >= 4 is 27.3 Å². The van der Waals surface area contributed by atoms with Gasteiger partial charge in [0, 0.05) is 12.6 Å². The van der Waals surface area contributed by atoms with Gasteiger partial charge in [0.05, 0.1) is 23.4 Å². The second-order valence-corrected chi connectivity index (χ2v) is 7.14. The Morgan fingerprint density at radius 2 is 2.10 bits per heavy atom. The molecule has 0 amide bonds. The monoisotopic (exact) mass is 322 g/mol. The van der Waals surface area contributed by atoms with Gasteiger partial charge in [-0.2, -0.15) is 4.31 Å². The number of anilines is 1. The lowest BCUT2D eigenvalue weighted by Gasteiger charge is -2.35. The first-order valence-corrected chi connectivity index (χ1v) is 7.93. The van der Waals surface area contributed by atoms with Crippen molar-refractivity contribution in [2.24, 2.45) is 0 Å². The van der Waals surface area contributed by atoms with Gasteiger partial charge in [-0.05, 0) is 26.0 Å². The Bertz CT molecular complexity index is 623. The Hall–Kier alpha value is -0.890. The summed E-state index contributed by atoms with van der Waals surface area (Å²) in [5.41, 5.74) is 5.19. The van der Waals surface area contributed by atoms with Crippen molar-refractivity contribution in [3.8, 4) is 0 Å². The van der Waals surface area contributed by atoms with Crippen molar-refractivity contribution in [1.82, 2.24) is 4.31 Å². The zero-order chi connectivity index (χ0) is 15.1. The summed E-state index contributed by atoms with van der Waals surface area (Å²) in [6.07, 6.45) is -0.211. The first kappa shape index (κ1) is 15.5. The summed E-state index contributed by atoms with van der Waals surface area (Å²) in [5, 5.41) is -0.178. The number of morpholine rings is 1. The summed E-state index contributed by atoms with van der Waals surface area (Å²) in [7, 11) is -3.84. The quantitative estimate of drug-likeness (QED) is 0.844. The highest BCUT2D eigenvalue weighted by atomic mass is 35.5. The number of ether oxygens (including phenoxy) is 1. The number of rotatable bonds is 2. The molecule has 1 aromatic carbocycles. The van der Waals surface area contributed by atoms with Crippen LogP contribution in [0, 0.1) is 5.82 Å². The van der Waals surface area contributed by atoms with Crippen molar-refractivity contribution in [1.29, 1.82) is 0 Å². The molecule has 0 radical (unpaired) electrons. The molecule has 2 N–H and O–H groups in total. The van der Waals surface area contributed by atoms with E-state index in [1.807, 2.05) is 0 Å². The minimum absolute atomic E-state index is 0.178. The van der Waals surface area contributed by atoms with E-state index in [1.54, 1.807) is 13.8 Å². The molecule has 5 nitrogen and oxygen atoms in total. The van der Waals surface area contributed by atoms with Crippen molar-refractivity contribution in [3.05, 3.63) is 23.0 Å². The number of hydrogen-bond donors (Lipinski definition) is 1. The summed E-state index contributed by atoms with van der Waals surface area (Å²) in [5.74, 6) is -0.739. The zero-order valence-corrected chi connectivity index (χ0v) is 12.7. The van der Waals surface area contributed by atoms with E-state index in [0.29, 0.717) is 6.61 Å². The van der Waals surface area contributed by atoms with Crippen molar-refractivity contribution in [2.75, 3.05) is 18.9 Å². The minimum Gasteiger partial charge on any atom is -0.396 e. The van der Waals surface area contributed by atoms with Crippen LogP contribution in [-0.2, 0) is 14.8 Å². The van der Waals surface area contributed by atoms with Crippen LogP contribution in [0.1, 0.15) is 13.8 Å². The fraction of sp³-hybridized carbons (Fsp3) is 0.500. The standard InChI is InChI=1S/C12H16ClFN2O3S/c1-7-6-19-8(2)5-16(7)20(17,18)12-4-11(15)10(14)3-9(12)13/h3-4,7-8H,5-6,15H2,1-2H3. The molecule has 1 aliphatic heterocycles. The summed E-state index contributed by atoms with van der Waals surface area (Å²) < 4.78 is 45.3. The number of sulfonamides is 1. The van der Waals surface area contributed by atoms with Gasteiger partial charge >= 0.3 is 0 Å². The molecule has 1 heterocycles. The molecule has 20 heavy (non-hydrogen) atoms. The van der Waals surface area contributed by atoms with Crippen LogP contribution in [0.25, 0.3) is 0 Å². The molecule has 1 aromatic rings. The van der Waals surface area contributed by atoms with Gasteiger partial charge in [-0.1, -0.05) is 11.6 Å².